The lowest BCUT2D eigenvalue weighted by Crippen LogP contribution is -2.04. The number of hydrogen-bond donors (Lipinski definition) is 1. The van der Waals surface area contributed by atoms with E-state index in [1.807, 2.05) is 0 Å². The van der Waals surface area contributed by atoms with E-state index in [1.54, 1.807) is 12.1 Å². The molecule has 0 bridgehead atoms. The molecule has 3 heteroatoms. The van der Waals surface area contributed by atoms with Crippen molar-refractivity contribution in [3.05, 3.63) is 30.2 Å². The maximum absolute atomic E-state index is 10.2. The zero-order valence-electron chi connectivity index (χ0n) is 5.28. The summed E-state index contributed by atoms with van der Waals surface area (Å²) in [5.74, 6) is 0.148. The Kier molecular flexibility index (Phi) is 1.89. The molecule has 0 atom stereocenters. The van der Waals surface area contributed by atoms with Gasteiger partial charge in [-0.15, -0.1) is 0 Å². The van der Waals surface area contributed by atoms with Crippen LogP contribution >= 0.6 is 0 Å². The molecule has 2 N–H and O–H groups in total. The van der Waals surface area contributed by atoms with Crippen LogP contribution in [-0.4, -0.2) is 5.91 Å². The van der Waals surface area contributed by atoms with Crippen molar-refractivity contribution in [1.29, 1.82) is 0 Å². The van der Waals surface area contributed by atoms with Gasteiger partial charge >= 0.3 is 0 Å². The zero-order valence-corrected chi connectivity index (χ0v) is 5.28. The van der Waals surface area contributed by atoms with Crippen LogP contribution < -0.4 is 5.73 Å². The average molecular weight is 137 g/mol. The highest BCUT2D eigenvalue weighted by Gasteiger charge is 1.87. The van der Waals surface area contributed by atoms with Crippen LogP contribution in [0.2, 0.25) is 0 Å². The Morgan fingerprint density at radius 2 is 2.50 bits per heavy atom. The minimum atomic E-state index is -0.476. The van der Waals surface area contributed by atoms with E-state index in [0.717, 1.165) is 0 Å². The molecule has 0 aromatic carbocycles. The third-order valence-corrected chi connectivity index (χ3v) is 0.955. The van der Waals surface area contributed by atoms with Crippen molar-refractivity contribution in [2.45, 2.75) is 0 Å². The summed E-state index contributed by atoms with van der Waals surface area (Å²) in [6.45, 7) is 0. The molecule has 0 aliphatic heterocycles. The molecule has 1 amide bonds. The summed E-state index contributed by atoms with van der Waals surface area (Å²) in [6, 6.07) is 3.47. The first-order chi connectivity index (χ1) is 4.79. The van der Waals surface area contributed by atoms with Crippen LogP contribution in [-0.2, 0) is 4.79 Å². The number of carbonyl (C=O) groups excluding carboxylic acids is 1. The van der Waals surface area contributed by atoms with Crippen LogP contribution in [0.25, 0.3) is 6.08 Å². The molecule has 10 heavy (non-hydrogen) atoms. The minimum Gasteiger partial charge on any atom is -0.465 e. The standard InChI is InChI=1S/C7H7NO2/c8-7(9)4-3-6-2-1-5-10-6/h1-5H,(H2,8,9). The number of primary amides is 1. The third kappa shape index (κ3) is 1.78. The molecule has 0 fully saturated rings. The second kappa shape index (κ2) is 2.87. The largest absolute Gasteiger partial charge is 0.465 e. The maximum Gasteiger partial charge on any atom is 0.241 e. The van der Waals surface area contributed by atoms with Crippen LogP contribution in [0, 0.1) is 0 Å². The lowest BCUT2D eigenvalue weighted by molar-refractivity contribution is -0.113. The smallest absolute Gasteiger partial charge is 0.241 e. The normalized spacial score (nSPS) is 10.4. The van der Waals surface area contributed by atoms with Gasteiger partial charge in [-0.1, -0.05) is 0 Å². The van der Waals surface area contributed by atoms with Gasteiger partial charge in [-0.2, -0.15) is 0 Å². The van der Waals surface area contributed by atoms with Crippen LogP contribution in [0.1, 0.15) is 5.76 Å². The van der Waals surface area contributed by atoms with E-state index in [-0.39, 0.29) is 0 Å². The molecule has 1 rings (SSSR count). The molecular formula is C7H7NO2. The lowest BCUT2D eigenvalue weighted by Gasteiger charge is -1.79. The van der Waals surface area contributed by atoms with Gasteiger partial charge in [0.15, 0.2) is 0 Å². The van der Waals surface area contributed by atoms with Gasteiger partial charge in [0.05, 0.1) is 6.26 Å². The molecule has 0 radical (unpaired) electrons. The van der Waals surface area contributed by atoms with Gasteiger partial charge in [0.2, 0.25) is 5.91 Å². The van der Waals surface area contributed by atoms with E-state index in [1.165, 1.54) is 18.4 Å². The molecule has 0 unspecified atom stereocenters. The monoisotopic (exact) mass is 137 g/mol. The summed E-state index contributed by atoms with van der Waals surface area (Å²) >= 11 is 0. The molecule has 1 aromatic heterocycles. The third-order valence-electron chi connectivity index (χ3n) is 0.955. The first kappa shape index (κ1) is 6.61. The van der Waals surface area contributed by atoms with E-state index in [2.05, 4.69) is 0 Å². The second-order valence-corrected chi connectivity index (χ2v) is 1.75. The van der Waals surface area contributed by atoms with Crippen molar-refractivity contribution in [2.75, 3.05) is 0 Å². The molecule has 0 saturated carbocycles. The van der Waals surface area contributed by atoms with E-state index in [9.17, 15) is 4.79 Å². The minimum absolute atomic E-state index is 0.476. The number of hydrogen-bond acceptors (Lipinski definition) is 2. The summed E-state index contributed by atoms with van der Waals surface area (Å²) in [7, 11) is 0. The van der Waals surface area contributed by atoms with Gasteiger partial charge in [-0.3, -0.25) is 4.79 Å². The fraction of sp³-hybridized carbons (Fsp3) is 0. The molecule has 52 valence electrons. The number of rotatable bonds is 2. The number of carbonyl (C=O) groups is 1. The van der Waals surface area contributed by atoms with E-state index >= 15 is 0 Å². The average Bonchev–Trinajstić information content (AvgIpc) is 2.34. The molecule has 3 nitrogen and oxygen atoms in total. The van der Waals surface area contributed by atoms with Crippen molar-refractivity contribution >= 4 is 12.0 Å². The van der Waals surface area contributed by atoms with Crippen LogP contribution in [0.5, 0.6) is 0 Å². The summed E-state index contributed by atoms with van der Waals surface area (Å²) in [4.78, 5) is 10.2. The topological polar surface area (TPSA) is 56.2 Å². The fourth-order valence-corrected chi connectivity index (χ4v) is 0.550. The van der Waals surface area contributed by atoms with E-state index in [0.29, 0.717) is 5.76 Å². The van der Waals surface area contributed by atoms with Gasteiger partial charge in [-0.25, -0.2) is 0 Å². The van der Waals surface area contributed by atoms with Crippen LogP contribution in [0.4, 0.5) is 0 Å². The molecule has 0 saturated heterocycles. The fourth-order valence-electron chi connectivity index (χ4n) is 0.550. The van der Waals surface area contributed by atoms with Crippen molar-refractivity contribution < 1.29 is 9.21 Å². The van der Waals surface area contributed by atoms with Gasteiger partial charge in [0, 0.05) is 6.08 Å². The Balaban J connectivity index is 2.64. The molecule has 0 spiro atoms. The second-order valence-electron chi connectivity index (χ2n) is 1.75. The van der Waals surface area contributed by atoms with Crippen molar-refractivity contribution in [1.82, 2.24) is 0 Å². The Hall–Kier alpha value is -1.51. The molecule has 0 aliphatic carbocycles. The predicted molar refractivity (Wildman–Crippen MR) is 36.9 cm³/mol. The number of nitrogens with two attached hydrogens (primary N) is 1. The van der Waals surface area contributed by atoms with Gasteiger partial charge in [0.25, 0.3) is 0 Å². The summed E-state index contributed by atoms with van der Waals surface area (Å²) < 4.78 is 4.89. The zero-order chi connectivity index (χ0) is 7.40. The Morgan fingerprint density at radius 3 is 3.00 bits per heavy atom. The SMILES string of the molecule is NC(=O)C=Cc1ccco1. The molecule has 1 heterocycles. The van der Waals surface area contributed by atoms with Crippen molar-refractivity contribution in [2.24, 2.45) is 5.73 Å². The quantitative estimate of drug-likeness (QED) is 0.612. The summed E-state index contributed by atoms with van der Waals surface area (Å²) in [5, 5.41) is 0. The highest BCUT2D eigenvalue weighted by Crippen LogP contribution is 2.00. The summed E-state index contributed by atoms with van der Waals surface area (Å²) in [6.07, 6.45) is 4.29. The first-order valence-electron chi connectivity index (χ1n) is 2.80. The van der Waals surface area contributed by atoms with Crippen molar-refractivity contribution in [3.8, 4) is 0 Å². The van der Waals surface area contributed by atoms with E-state index in [4.69, 9.17) is 10.2 Å². The Morgan fingerprint density at radius 1 is 1.70 bits per heavy atom. The van der Waals surface area contributed by atoms with Gasteiger partial charge < -0.3 is 10.2 Å². The maximum atomic E-state index is 10.2. The molecule has 0 aliphatic rings. The summed E-state index contributed by atoms with van der Waals surface area (Å²) in [5.41, 5.74) is 4.84. The van der Waals surface area contributed by atoms with Crippen LogP contribution in [0.3, 0.4) is 0 Å². The van der Waals surface area contributed by atoms with Gasteiger partial charge in [0.1, 0.15) is 5.76 Å². The van der Waals surface area contributed by atoms with Crippen molar-refractivity contribution in [3.63, 3.8) is 0 Å². The van der Waals surface area contributed by atoms with Gasteiger partial charge in [-0.05, 0) is 18.2 Å². The Labute approximate surface area is 58.1 Å². The Bertz CT molecular complexity index is 236. The number of amides is 1. The van der Waals surface area contributed by atoms with E-state index < -0.39 is 5.91 Å². The number of furan rings is 1. The van der Waals surface area contributed by atoms with Crippen LogP contribution in [0.15, 0.2) is 28.9 Å². The lowest BCUT2D eigenvalue weighted by atomic mass is 10.4. The predicted octanol–water partition coefficient (Wildman–Crippen LogP) is 0.778. The molecule has 1 aromatic rings. The highest BCUT2D eigenvalue weighted by atomic mass is 16.3. The first-order valence-corrected chi connectivity index (χ1v) is 2.80. The highest BCUT2D eigenvalue weighted by molar-refractivity contribution is 5.89. The molecular weight excluding hydrogens is 130 g/mol.